The van der Waals surface area contributed by atoms with Crippen LogP contribution in [0.1, 0.15) is 43.7 Å². The van der Waals surface area contributed by atoms with E-state index in [2.05, 4.69) is 5.32 Å². The van der Waals surface area contributed by atoms with Crippen molar-refractivity contribution in [2.24, 2.45) is 5.92 Å². The molecule has 0 radical (unpaired) electrons. The van der Waals surface area contributed by atoms with Crippen LogP contribution in [-0.4, -0.2) is 20.3 Å². The molecule has 112 valence electrons. The van der Waals surface area contributed by atoms with Gasteiger partial charge in [-0.15, -0.1) is 0 Å². The highest BCUT2D eigenvalue weighted by atomic mass is 19.2. The first-order valence-corrected chi connectivity index (χ1v) is 7.32. The summed E-state index contributed by atoms with van der Waals surface area (Å²) in [6.07, 6.45) is 5.99. The monoisotopic (exact) mass is 283 g/mol. The van der Waals surface area contributed by atoms with E-state index in [0.29, 0.717) is 5.92 Å². The van der Waals surface area contributed by atoms with Crippen molar-refractivity contribution < 1.29 is 13.5 Å². The molecule has 1 aromatic rings. The molecule has 0 bridgehead atoms. The smallest absolute Gasteiger partial charge is 0.159 e. The lowest BCUT2D eigenvalue weighted by Crippen LogP contribution is -2.37. The Bertz CT molecular complexity index is 432. The Labute approximate surface area is 119 Å². The Morgan fingerprint density at radius 3 is 2.40 bits per heavy atom. The Kier molecular flexibility index (Phi) is 5.49. The van der Waals surface area contributed by atoms with E-state index in [1.165, 1.54) is 31.4 Å². The average molecular weight is 283 g/mol. The van der Waals surface area contributed by atoms with E-state index in [4.69, 9.17) is 4.74 Å². The molecule has 2 atom stereocenters. The van der Waals surface area contributed by atoms with Crippen molar-refractivity contribution in [1.29, 1.82) is 0 Å². The summed E-state index contributed by atoms with van der Waals surface area (Å²) in [4.78, 5) is 0. The van der Waals surface area contributed by atoms with Crippen LogP contribution in [0.15, 0.2) is 18.2 Å². The molecule has 1 aromatic carbocycles. The Morgan fingerprint density at radius 2 is 1.85 bits per heavy atom. The van der Waals surface area contributed by atoms with Crippen LogP contribution in [0.4, 0.5) is 8.78 Å². The molecule has 1 aliphatic carbocycles. The van der Waals surface area contributed by atoms with Crippen LogP contribution in [0.2, 0.25) is 0 Å². The Morgan fingerprint density at radius 1 is 1.15 bits per heavy atom. The molecule has 0 amide bonds. The van der Waals surface area contributed by atoms with Crippen LogP contribution in [0.5, 0.6) is 0 Å². The number of nitrogens with one attached hydrogen (secondary N) is 1. The zero-order chi connectivity index (χ0) is 14.5. The summed E-state index contributed by atoms with van der Waals surface area (Å²) in [7, 11) is 3.53. The second-order valence-corrected chi connectivity index (χ2v) is 5.54. The van der Waals surface area contributed by atoms with E-state index >= 15 is 0 Å². The molecule has 1 aliphatic rings. The first-order chi connectivity index (χ1) is 9.67. The molecule has 0 aromatic heterocycles. The Balaban J connectivity index is 2.21. The quantitative estimate of drug-likeness (QED) is 0.887. The largest absolute Gasteiger partial charge is 0.379 e. The number of hydrogen-bond donors (Lipinski definition) is 1. The molecule has 1 saturated carbocycles. The van der Waals surface area contributed by atoms with Gasteiger partial charge in [-0.2, -0.15) is 0 Å². The molecule has 0 heterocycles. The zero-order valence-corrected chi connectivity index (χ0v) is 12.2. The minimum atomic E-state index is -0.810. The standard InChI is InChI=1S/C16H23F2NO/c1-19-15(12-8-9-13(17)14(18)10-12)16(20-2)11-6-4-3-5-7-11/h8-11,15-16,19H,3-7H2,1-2H3. The second-order valence-electron chi connectivity index (χ2n) is 5.54. The highest BCUT2D eigenvalue weighted by molar-refractivity contribution is 5.22. The first kappa shape index (κ1) is 15.4. The third-order valence-electron chi connectivity index (χ3n) is 4.33. The van der Waals surface area contributed by atoms with Crippen LogP contribution < -0.4 is 5.32 Å². The van der Waals surface area contributed by atoms with E-state index in [9.17, 15) is 8.78 Å². The van der Waals surface area contributed by atoms with Gasteiger partial charge in [0.25, 0.3) is 0 Å². The van der Waals surface area contributed by atoms with Crippen LogP contribution in [0.25, 0.3) is 0 Å². The molecule has 4 heteroatoms. The van der Waals surface area contributed by atoms with Crippen molar-refractivity contribution in [3.63, 3.8) is 0 Å². The fourth-order valence-corrected chi connectivity index (χ4v) is 3.29. The molecule has 0 spiro atoms. The normalized spacial score (nSPS) is 19.8. The summed E-state index contributed by atoms with van der Waals surface area (Å²) in [5.41, 5.74) is 0.740. The lowest BCUT2D eigenvalue weighted by Gasteiger charge is -2.35. The van der Waals surface area contributed by atoms with Gasteiger partial charge < -0.3 is 10.1 Å². The number of likely N-dealkylation sites (N-methyl/N-ethyl adjacent to an activating group) is 1. The summed E-state index contributed by atoms with van der Waals surface area (Å²) >= 11 is 0. The lowest BCUT2D eigenvalue weighted by atomic mass is 9.81. The fraction of sp³-hybridized carbons (Fsp3) is 0.625. The predicted octanol–water partition coefficient (Wildman–Crippen LogP) is 3.82. The molecule has 2 nitrogen and oxygen atoms in total. The van der Waals surface area contributed by atoms with E-state index in [1.807, 2.05) is 7.05 Å². The van der Waals surface area contributed by atoms with Gasteiger partial charge in [0.15, 0.2) is 11.6 Å². The van der Waals surface area contributed by atoms with Crippen LogP contribution in [0.3, 0.4) is 0 Å². The Hall–Kier alpha value is -1.00. The minimum Gasteiger partial charge on any atom is -0.379 e. The maximum atomic E-state index is 13.4. The third-order valence-corrected chi connectivity index (χ3v) is 4.33. The minimum absolute atomic E-state index is 0.00911. The van der Waals surface area contributed by atoms with Crippen molar-refractivity contribution in [2.75, 3.05) is 14.2 Å². The molecule has 2 rings (SSSR count). The highest BCUT2D eigenvalue weighted by Crippen LogP contribution is 2.34. The molecular formula is C16H23F2NO. The zero-order valence-electron chi connectivity index (χ0n) is 12.2. The molecule has 0 aliphatic heterocycles. The fourth-order valence-electron chi connectivity index (χ4n) is 3.29. The predicted molar refractivity (Wildman–Crippen MR) is 75.5 cm³/mol. The van der Waals surface area contributed by atoms with Gasteiger partial charge >= 0.3 is 0 Å². The van der Waals surface area contributed by atoms with E-state index in [0.717, 1.165) is 18.4 Å². The molecule has 0 saturated heterocycles. The van der Waals surface area contributed by atoms with Gasteiger partial charge in [0.1, 0.15) is 0 Å². The van der Waals surface area contributed by atoms with Crippen LogP contribution >= 0.6 is 0 Å². The van der Waals surface area contributed by atoms with Crippen molar-refractivity contribution in [3.05, 3.63) is 35.4 Å². The number of methoxy groups -OCH3 is 1. The number of halogens is 2. The maximum Gasteiger partial charge on any atom is 0.159 e. The lowest BCUT2D eigenvalue weighted by molar-refractivity contribution is 0.00932. The summed E-state index contributed by atoms with van der Waals surface area (Å²) in [6.45, 7) is 0. The van der Waals surface area contributed by atoms with Gasteiger partial charge in [-0.25, -0.2) is 8.78 Å². The summed E-state index contributed by atoms with van der Waals surface area (Å²) in [5, 5.41) is 3.20. The van der Waals surface area contributed by atoms with Crippen molar-refractivity contribution >= 4 is 0 Å². The molecule has 1 N–H and O–H groups in total. The van der Waals surface area contributed by atoms with Crippen LogP contribution in [-0.2, 0) is 4.74 Å². The van der Waals surface area contributed by atoms with Gasteiger partial charge in [-0.05, 0) is 43.5 Å². The summed E-state index contributed by atoms with van der Waals surface area (Å²) in [6, 6.07) is 3.97. The number of hydrogen-bond acceptors (Lipinski definition) is 2. The molecule has 1 fully saturated rings. The topological polar surface area (TPSA) is 21.3 Å². The number of benzene rings is 1. The van der Waals surface area contributed by atoms with Crippen LogP contribution in [0, 0.1) is 17.6 Å². The highest BCUT2D eigenvalue weighted by Gasteiger charge is 2.31. The summed E-state index contributed by atoms with van der Waals surface area (Å²) < 4.78 is 32.2. The van der Waals surface area contributed by atoms with E-state index < -0.39 is 11.6 Å². The molecular weight excluding hydrogens is 260 g/mol. The maximum absolute atomic E-state index is 13.4. The van der Waals surface area contributed by atoms with Crippen molar-refractivity contribution in [1.82, 2.24) is 5.32 Å². The van der Waals surface area contributed by atoms with Gasteiger partial charge in [0.05, 0.1) is 12.1 Å². The SMILES string of the molecule is CNC(c1ccc(F)c(F)c1)C(OC)C1CCCCC1. The number of ether oxygens (including phenoxy) is 1. The van der Waals surface area contributed by atoms with Gasteiger partial charge in [0.2, 0.25) is 0 Å². The van der Waals surface area contributed by atoms with E-state index in [1.54, 1.807) is 13.2 Å². The van der Waals surface area contributed by atoms with Crippen molar-refractivity contribution in [3.8, 4) is 0 Å². The first-order valence-electron chi connectivity index (χ1n) is 7.32. The van der Waals surface area contributed by atoms with E-state index in [-0.39, 0.29) is 12.1 Å². The second kappa shape index (κ2) is 7.14. The third kappa shape index (κ3) is 3.36. The number of rotatable bonds is 5. The molecule has 2 unspecified atom stereocenters. The summed E-state index contributed by atoms with van der Waals surface area (Å²) in [5.74, 6) is -1.14. The molecule has 20 heavy (non-hydrogen) atoms. The van der Waals surface area contributed by atoms with Crippen molar-refractivity contribution in [2.45, 2.75) is 44.2 Å². The van der Waals surface area contributed by atoms with Gasteiger partial charge in [-0.3, -0.25) is 0 Å². The average Bonchev–Trinajstić information content (AvgIpc) is 2.48. The van der Waals surface area contributed by atoms with Gasteiger partial charge in [0, 0.05) is 7.11 Å². The van der Waals surface area contributed by atoms with Gasteiger partial charge in [-0.1, -0.05) is 25.3 Å².